The zero-order valence-electron chi connectivity index (χ0n) is 20.7. The number of halogens is 2. The SMILES string of the molecule is CC(C)CCCOc1ccc(-c2ccc(-c3ccc(OCCCCCCO)cc3)c(F)c2F)cc1. The number of benzene rings is 3. The van der Waals surface area contributed by atoms with Crippen LogP contribution in [0, 0.1) is 17.6 Å². The van der Waals surface area contributed by atoms with E-state index < -0.39 is 11.6 Å². The van der Waals surface area contributed by atoms with Crippen LogP contribution in [0.2, 0.25) is 0 Å². The highest BCUT2D eigenvalue weighted by atomic mass is 19.2. The van der Waals surface area contributed by atoms with Crippen LogP contribution in [0.4, 0.5) is 8.78 Å². The molecule has 0 aliphatic carbocycles. The van der Waals surface area contributed by atoms with Crippen molar-refractivity contribution < 1.29 is 23.4 Å². The maximum Gasteiger partial charge on any atom is 0.167 e. The lowest BCUT2D eigenvalue weighted by Crippen LogP contribution is -1.99. The first kappa shape index (κ1) is 26.7. The number of aliphatic hydroxyl groups excluding tert-OH is 1. The number of rotatable bonds is 14. The molecular weight excluding hydrogens is 446 g/mol. The van der Waals surface area contributed by atoms with Crippen molar-refractivity contribution in [2.45, 2.75) is 52.4 Å². The lowest BCUT2D eigenvalue weighted by Gasteiger charge is -2.11. The molecule has 0 atom stereocenters. The van der Waals surface area contributed by atoms with Crippen molar-refractivity contribution in [3.63, 3.8) is 0 Å². The minimum atomic E-state index is -0.867. The van der Waals surface area contributed by atoms with Crippen LogP contribution < -0.4 is 9.47 Å². The maximum atomic E-state index is 15.0. The number of aliphatic hydroxyl groups is 1. The molecule has 0 aromatic heterocycles. The number of hydrogen-bond acceptors (Lipinski definition) is 3. The number of ether oxygens (including phenoxy) is 2. The Bertz CT molecular complexity index is 1030. The zero-order valence-corrected chi connectivity index (χ0v) is 20.7. The van der Waals surface area contributed by atoms with Crippen LogP contribution >= 0.6 is 0 Å². The summed E-state index contributed by atoms with van der Waals surface area (Å²) >= 11 is 0. The Balaban J connectivity index is 1.61. The molecule has 0 radical (unpaired) electrons. The fraction of sp³-hybridized carbons (Fsp3) is 0.400. The minimum absolute atomic E-state index is 0.215. The molecule has 0 aliphatic heterocycles. The highest BCUT2D eigenvalue weighted by Crippen LogP contribution is 2.33. The first-order valence-electron chi connectivity index (χ1n) is 12.5. The lowest BCUT2D eigenvalue weighted by atomic mass is 9.98. The Kier molecular flexibility index (Phi) is 10.5. The summed E-state index contributed by atoms with van der Waals surface area (Å²) in [7, 11) is 0. The van der Waals surface area contributed by atoms with Gasteiger partial charge in [-0.3, -0.25) is 0 Å². The highest BCUT2D eigenvalue weighted by Gasteiger charge is 2.16. The van der Waals surface area contributed by atoms with Crippen molar-refractivity contribution in [1.82, 2.24) is 0 Å². The minimum Gasteiger partial charge on any atom is -0.494 e. The average molecular weight is 483 g/mol. The van der Waals surface area contributed by atoms with E-state index in [1.807, 2.05) is 0 Å². The number of unbranched alkanes of at least 4 members (excludes halogenated alkanes) is 3. The normalized spacial score (nSPS) is 11.1. The van der Waals surface area contributed by atoms with Gasteiger partial charge in [-0.2, -0.15) is 0 Å². The van der Waals surface area contributed by atoms with Crippen LogP contribution in [-0.2, 0) is 0 Å². The van der Waals surface area contributed by atoms with Gasteiger partial charge in [0.1, 0.15) is 11.5 Å². The molecule has 3 nitrogen and oxygen atoms in total. The summed E-state index contributed by atoms with van der Waals surface area (Å²) < 4.78 is 41.4. The summed E-state index contributed by atoms with van der Waals surface area (Å²) in [6.07, 6.45) is 5.80. The highest BCUT2D eigenvalue weighted by molar-refractivity contribution is 5.72. The van der Waals surface area contributed by atoms with Gasteiger partial charge in [0.2, 0.25) is 0 Å². The van der Waals surface area contributed by atoms with Crippen molar-refractivity contribution in [1.29, 1.82) is 0 Å². The lowest BCUT2D eigenvalue weighted by molar-refractivity contribution is 0.273. The fourth-order valence-corrected chi connectivity index (χ4v) is 3.90. The van der Waals surface area contributed by atoms with Crippen LogP contribution in [0.25, 0.3) is 22.3 Å². The smallest absolute Gasteiger partial charge is 0.167 e. The standard InChI is InChI=1S/C30H36F2O3/c1-22(2)8-7-21-35-26-15-11-24(12-16-26)28-18-17-27(29(31)30(28)32)23-9-13-25(14-10-23)34-20-6-4-3-5-19-33/h9-18,22,33H,3-8,19-21H2,1-2H3. The predicted octanol–water partition coefficient (Wildman–Crippen LogP) is 8.05. The summed E-state index contributed by atoms with van der Waals surface area (Å²) in [5.74, 6) is 0.332. The van der Waals surface area contributed by atoms with E-state index in [9.17, 15) is 8.78 Å². The Morgan fingerprint density at radius 1 is 0.629 bits per heavy atom. The third-order valence-corrected chi connectivity index (χ3v) is 5.93. The average Bonchev–Trinajstić information content (AvgIpc) is 2.86. The molecule has 0 amide bonds. The summed E-state index contributed by atoms with van der Waals surface area (Å²) in [6, 6.07) is 17.3. The van der Waals surface area contributed by atoms with Crippen LogP contribution in [-0.4, -0.2) is 24.9 Å². The second-order valence-electron chi connectivity index (χ2n) is 9.21. The molecule has 1 N–H and O–H groups in total. The first-order chi connectivity index (χ1) is 17.0. The fourth-order valence-electron chi connectivity index (χ4n) is 3.90. The van der Waals surface area contributed by atoms with Crippen LogP contribution in [0.5, 0.6) is 11.5 Å². The molecule has 0 heterocycles. The molecule has 0 unspecified atom stereocenters. The van der Waals surface area contributed by atoms with E-state index in [4.69, 9.17) is 14.6 Å². The second kappa shape index (κ2) is 13.8. The van der Waals surface area contributed by atoms with Gasteiger partial charge in [-0.1, -0.05) is 56.7 Å². The molecular formula is C30H36F2O3. The van der Waals surface area contributed by atoms with E-state index in [1.54, 1.807) is 60.7 Å². The van der Waals surface area contributed by atoms with Crippen molar-refractivity contribution in [3.05, 3.63) is 72.3 Å². The van der Waals surface area contributed by atoms with Gasteiger partial charge in [0.25, 0.3) is 0 Å². The summed E-state index contributed by atoms with van der Waals surface area (Å²) in [4.78, 5) is 0. The second-order valence-corrected chi connectivity index (χ2v) is 9.21. The molecule has 0 fully saturated rings. The van der Waals surface area contributed by atoms with E-state index >= 15 is 0 Å². The molecule has 188 valence electrons. The molecule has 3 aromatic carbocycles. The van der Waals surface area contributed by atoms with Gasteiger partial charge in [-0.15, -0.1) is 0 Å². The Morgan fingerprint density at radius 2 is 1.09 bits per heavy atom. The molecule has 3 rings (SSSR count). The van der Waals surface area contributed by atoms with Crippen molar-refractivity contribution in [2.24, 2.45) is 5.92 Å². The Morgan fingerprint density at radius 3 is 1.54 bits per heavy atom. The molecule has 5 heteroatoms. The van der Waals surface area contributed by atoms with Crippen molar-refractivity contribution in [3.8, 4) is 33.8 Å². The van der Waals surface area contributed by atoms with Gasteiger partial charge in [-0.05, 0) is 73.4 Å². The molecule has 0 aliphatic rings. The Hall–Kier alpha value is -2.92. The van der Waals surface area contributed by atoms with E-state index in [1.165, 1.54) is 0 Å². The van der Waals surface area contributed by atoms with E-state index in [-0.39, 0.29) is 17.7 Å². The number of hydrogen-bond donors (Lipinski definition) is 1. The van der Waals surface area contributed by atoms with E-state index in [0.29, 0.717) is 36.0 Å². The topological polar surface area (TPSA) is 38.7 Å². The zero-order chi connectivity index (χ0) is 25.0. The monoisotopic (exact) mass is 482 g/mol. The van der Waals surface area contributed by atoms with Crippen LogP contribution in [0.15, 0.2) is 60.7 Å². The van der Waals surface area contributed by atoms with Gasteiger partial charge in [0, 0.05) is 17.7 Å². The van der Waals surface area contributed by atoms with Crippen molar-refractivity contribution >= 4 is 0 Å². The van der Waals surface area contributed by atoms with Gasteiger partial charge in [0.05, 0.1) is 13.2 Å². The predicted molar refractivity (Wildman–Crippen MR) is 138 cm³/mol. The van der Waals surface area contributed by atoms with Crippen LogP contribution in [0.1, 0.15) is 52.4 Å². The quantitative estimate of drug-likeness (QED) is 0.236. The summed E-state index contributed by atoms with van der Waals surface area (Å²) in [5.41, 5.74) is 1.63. The molecule has 3 aromatic rings. The van der Waals surface area contributed by atoms with Crippen molar-refractivity contribution in [2.75, 3.05) is 19.8 Å². The summed E-state index contributed by atoms with van der Waals surface area (Å²) in [5, 5.41) is 8.80. The van der Waals surface area contributed by atoms with E-state index in [2.05, 4.69) is 13.8 Å². The van der Waals surface area contributed by atoms with Gasteiger partial charge < -0.3 is 14.6 Å². The largest absolute Gasteiger partial charge is 0.494 e. The Labute approximate surface area is 207 Å². The van der Waals surface area contributed by atoms with Gasteiger partial charge in [-0.25, -0.2) is 8.78 Å². The third kappa shape index (κ3) is 8.07. The van der Waals surface area contributed by atoms with Gasteiger partial charge in [0.15, 0.2) is 11.6 Å². The maximum absolute atomic E-state index is 15.0. The first-order valence-corrected chi connectivity index (χ1v) is 12.5. The molecule has 0 bridgehead atoms. The molecule has 0 saturated heterocycles. The molecule has 0 saturated carbocycles. The molecule has 0 spiro atoms. The van der Waals surface area contributed by atoms with Crippen LogP contribution in [0.3, 0.4) is 0 Å². The molecule has 35 heavy (non-hydrogen) atoms. The summed E-state index contributed by atoms with van der Waals surface area (Å²) in [6.45, 7) is 5.82. The van der Waals surface area contributed by atoms with E-state index in [0.717, 1.165) is 44.3 Å². The van der Waals surface area contributed by atoms with Gasteiger partial charge >= 0.3 is 0 Å². The third-order valence-electron chi connectivity index (χ3n) is 5.93.